The lowest BCUT2D eigenvalue weighted by Crippen LogP contribution is -2.25. The first-order valence-corrected chi connectivity index (χ1v) is 9.53. The van der Waals surface area contributed by atoms with E-state index in [1.165, 1.54) is 6.07 Å². The van der Waals surface area contributed by atoms with E-state index in [1.54, 1.807) is 30.3 Å². The van der Waals surface area contributed by atoms with E-state index >= 15 is 0 Å². The summed E-state index contributed by atoms with van der Waals surface area (Å²) in [6.07, 6.45) is 0. The molecule has 0 saturated heterocycles. The van der Waals surface area contributed by atoms with Crippen molar-refractivity contribution in [2.24, 2.45) is 0 Å². The molecule has 0 atom stereocenters. The van der Waals surface area contributed by atoms with Gasteiger partial charge in [-0.1, -0.05) is 54.1 Å². The first-order valence-electron chi connectivity index (χ1n) is 9.53. The number of anilines is 1. The highest BCUT2D eigenvalue weighted by atomic mass is 19.1. The van der Waals surface area contributed by atoms with Crippen molar-refractivity contribution >= 4 is 28.4 Å². The molecule has 0 aliphatic rings. The fourth-order valence-electron chi connectivity index (χ4n) is 3.32. The third-order valence-corrected chi connectivity index (χ3v) is 4.85. The molecule has 3 aromatic carbocycles. The molecule has 0 aliphatic carbocycles. The number of nitrogens with one attached hydrogen (secondary N) is 3. The second-order valence-corrected chi connectivity index (χ2v) is 7.02. The van der Waals surface area contributed by atoms with E-state index in [2.05, 4.69) is 15.6 Å². The zero-order valence-corrected chi connectivity index (χ0v) is 16.3. The van der Waals surface area contributed by atoms with E-state index in [4.69, 9.17) is 0 Å². The van der Waals surface area contributed by atoms with Crippen LogP contribution in [0.25, 0.3) is 10.9 Å². The number of H-pyrrole nitrogens is 1. The summed E-state index contributed by atoms with van der Waals surface area (Å²) in [6, 6.07) is 20.8. The summed E-state index contributed by atoms with van der Waals surface area (Å²) < 4.78 is 13.9. The van der Waals surface area contributed by atoms with Crippen LogP contribution in [0.5, 0.6) is 0 Å². The minimum atomic E-state index is -0.436. The largest absolute Gasteiger partial charge is 0.349 e. The van der Waals surface area contributed by atoms with Gasteiger partial charge in [-0.2, -0.15) is 0 Å². The number of aromatic nitrogens is 1. The quantitative estimate of drug-likeness (QED) is 0.449. The Morgan fingerprint density at radius 3 is 2.50 bits per heavy atom. The van der Waals surface area contributed by atoms with Crippen molar-refractivity contribution in [2.45, 2.75) is 13.5 Å². The van der Waals surface area contributed by atoms with E-state index in [9.17, 15) is 14.0 Å². The molecular weight excluding hydrogens is 381 g/mol. The Balaban J connectivity index is 1.64. The Morgan fingerprint density at radius 2 is 1.70 bits per heavy atom. The number of para-hydroxylation sites is 1. The van der Waals surface area contributed by atoms with Gasteiger partial charge < -0.3 is 15.6 Å². The number of fused-ring (bicyclic) bond motifs is 1. The highest BCUT2D eigenvalue weighted by Crippen LogP contribution is 2.28. The second-order valence-electron chi connectivity index (χ2n) is 7.02. The molecular formula is C24H20FN3O2. The van der Waals surface area contributed by atoms with Gasteiger partial charge in [0.1, 0.15) is 11.5 Å². The molecule has 0 fully saturated rings. The Labute approximate surface area is 172 Å². The van der Waals surface area contributed by atoms with Crippen molar-refractivity contribution in [3.05, 3.63) is 101 Å². The summed E-state index contributed by atoms with van der Waals surface area (Å²) in [7, 11) is 0. The van der Waals surface area contributed by atoms with E-state index in [-0.39, 0.29) is 24.0 Å². The molecule has 0 bridgehead atoms. The predicted molar refractivity (Wildman–Crippen MR) is 115 cm³/mol. The van der Waals surface area contributed by atoms with Crippen LogP contribution in [0.3, 0.4) is 0 Å². The topological polar surface area (TPSA) is 74.0 Å². The average Bonchev–Trinajstić information content (AvgIpc) is 3.11. The fourth-order valence-corrected chi connectivity index (χ4v) is 3.32. The van der Waals surface area contributed by atoms with Crippen LogP contribution in [-0.4, -0.2) is 16.8 Å². The maximum atomic E-state index is 13.9. The summed E-state index contributed by atoms with van der Waals surface area (Å²) in [4.78, 5) is 28.7. The van der Waals surface area contributed by atoms with Gasteiger partial charge in [0.15, 0.2) is 0 Å². The van der Waals surface area contributed by atoms with Gasteiger partial charge in [0.2, 0.25) is 0 Å². The van der Waals surface area contributed by atoms with Crippen LogP contribution in [-0.2, 0) is 6.54 Å². The van der Waals surface area contributed by atoms with Gasteiger partial charge in [-0.25, -0.2) is 4.39 Å². The number of hydrogen-bond donors (Lipinski definition) is 3. The lowest BCUT2D eigenvalue weighted by Gasteiger charge is -2.09. The second kappa shape index (κ2) is 8.21. The number of aryl methyl sites for hydroxylation is 1. The van der Waals surface area contributed by atoms with E-state index in [1.807, 2.05) is 43.3 Å². The third kappa shape index (κ3) is 3.93. The van der Waals surface area contributed by atoms with Crippen molar-refractivity contribution in [1.82, 2.24) is 10.3 Å². The molecule has 1 aromatic heterocycles. The molecule has 5 nitrogen and oxygen atoms in total. The molecule has 3 N–H and O–H groups in total. The summed E-state index contributed by atoms with van der Waals surface area (Å²) in [6.45, 7) is 1.94. The highest BCUT2D eigenvalue weighted by Gasteiger charge is 2.20. The summed E-state index contributed by atoms with van der Waals surface area (Å²) >= 11 is 0. The number of carbonyl (C=O) groups excluding carboxylic acids is 2. The van der Waals surface area contributed by atoms with Crippen molar-refractivity contribution < 1.29 is 14.0 Å². The van der Waals surface area contributed by atoms with Gasteiger partial charge in [0.05, 0.1) is 5.69 Å². The van der Waals surface area contributed by atoms with Crippen molar-refractivity contribution in [2.75, 3.05) is 5.32 Å². The van der Waals surface area contributed by atoms with Gasteiger partial charge in [-0.05, 0) is 31.2 Å². The maximum absolute atomic E-state index is 13.9. The van der Waals surface area contributed by atoms with Crippen LogP contribution in [0.1, 0.15) is 32.0 Å². The third-order valence-electron chi connectivity index (χ3n) is 4.85. The van der Waals surface area contributed by atoms with Crippen LogP contribution >= 0.6 is 0 Å². The zero-order valence-electron chi connectivity index (χ0n) is 16.3. The van der Waals surface area contributed by atoms with Crippen LogP contribution in [0.4, 0.5) is 10.1 Å². The molecule has 150 valence electrons. The minimum Gasteiger partial charge on any atom is -0.349 e. The summed E-state index contributed by atoms with van der Waals surface area (Å²) in [5, 5.41) is 6.30. The number of hydrogen-bond acceptors (Lipinski definition) is 2. The van der Waals surface area contributed by atoms with E-state index in [0.29, 0.717) is 22.3 Å². The van der Waals surface area contributed by atoms with Crippen molar-refractivity contribution in [3.8, 4) is 0 Å². The van der Waals surface area contributed by atoms with Gasteiger partial charge in [0, 0.05) is 28.6 Å². The molecule has 0 saturated carbocycles. The van der Waals surface area contributed by atoms with Gasteiger partial charge in [0.25, 0.3) is 11.8 Å². The number of amides is 2. The normalized spacial score (nSPS) is 10.7. The predicted octanol–water partition coefficient (Wildman–Crippen LogP) is 4.80. The lowest BCUT2D eigenvalue weighted by molar-refractivity contribution is 0.0947. The fraction of sp³-hybridized carbons (Fsp3) is 0.0833. The summed E-state index contributed by atoms with van der Waals surface area (Å²) in [5.74, 6) is -1.14. The van der Waals surface area contributed by atoms with Crippen molar-refractivity contribution in [3.63, 3.8) is 0 Å². The molecule has 0 aliphatic heterocycles. The smallest absolute Gasteiger partial charge is 0.270 e. The monoisotopic (exact) mass is 401 g/mol. The summed E-state index contributed by atoms with van der Waals surface area (Å²) in [5.41, 5.74) is 3.17. The SMILES string of the molecule is Cc1cccc(C(=O)Nc2c(C(=O)NCc3ccccc3F)[nH]c3ccccc23)c1. The number of carbonyl (C=O) groups is 2. The van der Waals surface area contributed by atoms with Gasteiger partial charge in [-0.3, -0.25) is 9.59 Å². The minimum absolute atomic E-state index is 0.0339. The van der Waals surface area contributed by atoms with Crippen LogP contribution < -0.4 is 10.6 Å². The van der Waals surface area contributed by atoms with Crippen molar-refractivity contribution in [1.29, 1.82) is 0 Å². The number of benzene rings is 3. The van der Waals surface area contributed by atoms with Gasteiger partial charge >= 0.3 is 0 Å². The molecule has 6 heteroatoms. The molecule has 0 radical (unpaired) electrons. The lowest BCUT2D eigenvalue weighted by atomic mass is 10.1. The Bertz CT molecular complexity index is 1250. The molecule has 0 unspecified atom stereocenters. The average molecular weight is 401 g/mol. The number of aromatic amines is 1. The maximum Gasteiger partial charge on any atom is 0.270 e. The number of rotatable bonds is 5. The number of halogens is 1. The van der Waals surface area contributed by atoms with E-state index < -0.39 is 5.91 Å². The molecule has 30 heavy (non-hydrogen) atoms. The molecule has 4 rings (SSSR count). The van der Waals surface area contributed by atoms with Crippen LogP contribution in [0, 0.1) is 12.7 Å². The first kappa shape index (κ1) is 19.4. The molecule has 1 heterocycles. The van der Waals surface area contributed by atoms with Crippen LogP contribution in [0.2, 0.25) is 0 Å². The highest BCUT2D eigenvalue weighted by molar-refractivity contribution is 6.15. The zero-order chi connectivity index (χ0) is 21.1. The van der Waals surface area contributed by atoms with Gasteiger partial charge in [-0.15, -0.1) is 0 Å². The standard InChI is InChI=1S/C24H20FN3O2/c1-15-7-6-9-16(13-15)23(29)28-21-18-10-3-5-12-20(18)27-22(21)24(30)26-14-17-8-2-4-11-19(17)25/h2-13,27H,14H2,1H3,(H,26,30)(H,28,29). The molecule has 2 amide bonds. The molecule has 4 aromatic rings. The Kier molecular flexibility index (Phi) is 5.30. The van der Waals surface area contributed by atoms with E-state index in [0.717, 1.165) is 10.9 Å². The Morgan fingerprint density at radius 1 is 0.933 bits per heavy atom. The molecule has 0 spiro atoms. The Hall–Kier alpha value is -3.93. The first-order chi connectivity index (χ1) is 14.5. The van der Waals surface area contributed by atoms with Crippen LogP contribution in [0.15, 0.2) is 72.8 Å².